The van der Waals surface area contributed by atoms with Crippen LogP contribution in [0.3, 0.4) is 0 Å². The molecule has 3 heteroatoms. The molecule has 0 aromatic rings. The molecule has 5 saturated carbocycles. The second kappa shape index (κ2) is 8.17. The lowest BCUT2D eigenvalue weighted by Gasteiger charge is -2.60. The molecule has 32 heavy (non-hydrogen) atoms. The molecular formula is C29H47ClO2. The largest absolute Gasteiger partial charge is 0.461 e. The van der Waals surface area contributed by atoms with E-state index >= 15 is 0 Å². The average molecular weight is 463 g/mol. The average Bonchev–Trinajstić information content (AvgIpc) is 3.26. The SMILES string of the molecule is CC(C)CCC[C@H](C)[C@@H]1CC[C@@H]2[C@@H]3C[C@H](OC(=O)CCl)[C@]45C[C@H]4CC[C@]5(C)[C@H]3CC[C@]21C. The summed E-state index contributed by atoms with van der Waals surface area (Å²) in [7, 11) is 0. The van der Waals surface area contributed by atoms with Gasteiger partial charge in [0, 0.05) is 5.41 Å². The maximum absolute atomic E-state index is 12.3. The highest BCUT2D eigenvalue weighted by Crippen LogP contribution is 2.82. The van der Waals surface area contributed by atoms with Crippen LogP contribution in [-0.4, -0.2) is 18.0 Å². The van der Waals surface area contributed by atoms with Crippen molar-refractivity contribution in [1.82, 2.24) is 0 Å². The smallest absolute Gasteiger partial charge is 0.321 e. The van der Waals surface area contributed by atoms with Gasteiger partial charge >= 0.3 is 5.97 Å². The first-order valence-electron chi connectivity index (χ1n) is 13.9. The van der Waals surface area contributed by atoms with Gasteiger partial charge in [-0.15, -0.1) is 11.6 Å². The molecule has 0 amide bonds. The monoisotopic (exact) mass is 462 g/mol. The lowest BCUT2D eigenvalue weighted by Crippen LogP contribution is -2.57. The number of hydrogen-bond acceptors (Lipinski definition) is 2. The highest BCUT2D eigenvalue weighted by Gasteiger charge is 2.78. The summed E-state index contributed by atoms with van der Waals surface area (Å²) in [5, 5.41) is 0. The molecule has 0 heterocycles. The molecule has 0 aliphatic heterocycles. The van der Waals surface area contributed by atoms with Crippen LogP contribution in [0.15, 0.2) is 0 Å². The third kappa shape index (κ3) is 3.27. The Labute approximate surface area is 202 Å². The minimum Gasteiger partial charge on any atom is -0.461 e. The van der Waals surface area contributed by atoms with Crippen molar-refractivity contribution in [2.45, 2.75) is 111 Å². The topological polar surface area (TPSA) is 26.3 Å². The number of ether oxygens (including phenoxy) is 1. The normalized spacial score (nSPS) is 49.7. The van der Waals surface area contributed by atoms with Gasteiger partial charge in [0.05, 0.1) is 0 Å². The molecule has 0 radical (unpaired) electrons. The van der Waals surface area contributed by atoms with E-state index < -0.39 is 0 Å². The van der Waals surface area contributed by atoms with E-state index in [-0.39, 0.29) is 23.4 Å². The van der Waals surface area contributed by atoms with Crippen LogP contribution in [0.5, 0.6) is 0 Å². The molecule has 5 fully saturated rings. The first-order chi connectivity index (χ1) is 15.2. The second-order valence-electron chi connectivity index (χ2n) is 13.7. The summed E-state index contributed by atoms with van der Waals surface area (Å²) >= 11 is 5.90. The molecular weight excluding hydrogens is 416 g/mol. The van der Waals surface area contributed by atoms with Crippen LogP contribution in [-0.2, 0) is 9.53 Å². The molecule has 0 aromatic carbocycles. The molecule has 0 unspecified atom stereocenters. The summed E-state index contributed by atoms with van der Waals surface area (Å²) in [6, 6.07) is 0. The van der Waals surface area contributed by atoms with Crippen molar-refractivity contribution in [1.29, 1.82) is 0 Å². The molecule has 0 N–H and O–H groups in total. The highest BCUT2D eigenvalue weighted by atomic mass is 35.5. The van der Waals surface area contributed by atoms with Crippen molar-refractivity contribution in [2.75, 3.05) is 5.88 Å². The van der Waals surface area contributed by atoms with Crippen LogP contribution >= 0.6 is 11.6 Å². The van der Waals surface area contributed by atoms with Crippen LogP contribution in [0.25, 0.3) is 0 Å². The minimum atomic E-state index is -0.189. The van der Waals surface area contributed by atoms with E-state index in [1.165, 1.54) is 64.2 Å². The number of carbonyl (C=O) groups excluding carboxylic acids is 1. The Morgan fingerprint density at radius 3 is 2.50 bits per heavy atom. The van der Waals surface area contributed by atoms with Crippen LogP contribution < -0.4 is 0 Å². The number of fused-ring (bicyclic) bond motifs is 4. The molecule has 0 bridgehead atoms. The quantitative estimate of drug-likeness (QED) is 0.284. The predicted octanol–water partition coefficient (Wildman–Crippen LogP) is 7.87. The Bertz CT molecular complexity index is 735. The fourth-order valence-electron chi connectivity index (χ4n) is 10.6. The Morgan fingerprint density at radius 1 is 1.03 bits per heavy atom. The summed E-state index contributed by atoms with van der Waals surface area (Å²) in [5.74, 6) is 5.56. The lowest BCUT2D eigenvalue weighted by atomic mass is 9.45. The first kappa shape index (κ1) is 23.5. The number of hydrogen-bond donors (Lipinski definition) is 0. The van der Waals surface area contributed by atoms with E-state index in [0.717, 1.165) is 47.8 Å². The fraction of sp³-hybridized carbons (Fsp3) is 0.966. The van der Waals surface area contributed by atoms with Crippen LogP contribution in [0.2, 0.25) is 0 Å². The second-order valence-corrected chi connectivity index (χ2v) is 13.9. The van der Waals surface area contributed by atoms with Crippen LogP contribution in [0.1, 0.15) is 105 Å². The third-order valence-electron chi connectivity index (χ3n) is 12.1. The summed E-state index contributed by atoms with van der Waals surface area (Å²) in [6.45, 7) is 12.5. The molecule has 5 aliphatic carbocycles. The predicted molar refractivity (Wildman–Crippen MR) is 131 cm³/mol. The van der Waals surface area contributed by atoms with Gasteiger partial charge in [-0.25, -0.2) is 0 Å². The molecule has 5 rings (SSSR count). The van der Waals surface area contributed by atoms with Crippen molar-refractivity contribution >= 4 is 17.6 Å². The first-order valence-corrected chi connectivity index (χ1v) is 14.5. The number of alkyl halides is 1. The van der Waals surface area contributed by atoms with Crippen molar-refractivity contribution in [2.24, 2.45) is 57.7 Å². The van der Waals surface area contributed by atoms with E-state index in [4.69, 9.17) is 16.3 Å². The molecule has 1 spiro atoms. The van der Waals surface area contributed by atoms with Gasteiger partial charge in [0.15, 0.2) is 0 Å². The maximum atomic E-state index is 12.3. The highest BCUT2D eigenvalue weighted by molar-refractivity contribution is 6.26. The maximum Gasteiger partial charge on any atom is 0.321 e. The van der Waals surface area contributed by atoms with Gasteiger partial charge in [-0.3, -0.25) is 4.79 Å². The van der Waals surface area contributed by atoms with E-state index in [0.29, 0.717) is 10.8 Å². The molecule has 5 aliphatic rings. The Morgan fingerprint density at radius 2 is 1.81 bits per heavy atom. The van der Waals surface area contributed by atoms with Crippen molar-refractivity contribution in [3.8, 4) is 0 Å². The third-order valence-corrected chi connectivity index (χ3v) is 12.3. The van der Waals surface area contributed by atoms with Gasteiger partial charge < -0.3 is 4.74 Å². The number of carbonyl (C=O) groups is 1. The van der Waals surface area contributed by atoms with Crippen molar-refractivity contribution in [3.05, 3.63) is 0 Å². The number of halogens is 1. The van der Waals surface area contributed by atoms with E-state index in [2.05, 4.69) is 34.6 Å². The van der Waals surface area contributed by atoms with Crippen LogP contribution in [0, 0.1) is 57.7 Å². The van der Waals surface area contributed by atoms with Gasteiger partial charge in [-0.1, -0.05) is 53.9 Å². The summed E-state index contributed by atoms with van der Waals surface area (Å²) < 4.78 is 6.17. The number of esters is 1. The van der Waals surface area contributed by atoms with Gasteiger partial charge in [0.2, 0.25) is 0 Å². The number of rotatable bonds is 7. The van der Waals surface area contributed by atoms with Gasteiger partial charge in [-0.2, -0.15) is 0 Å². The van der Waals surface area contributed by atoms with Gasteiger partial charge in [-0.05, 0) is 104 Å². The lowest BCUT2D eigenvalue weighted by molar-refractivity contribution is -0.182. The standard InChI is InChI=1S/C29H47ClO2/c1-18(2)7-6-8-19(3)22-9-10-23-21-15-25(32-26(31)17-30)29-16-20(29)11-14-28(29,5)24(21)12-13-27(22,23)4/h18-25H,6-17H2,1-5H3/t19-,20+,21-,22-,23+,24-,25-,27-,28+,29-/m0/s1. The van der Waals surface area contributed by atoms with E-state index in [9.17, 15) is 4.79 Å². The van der Waals surface area contributed by atoms with Crippen molar-refractivity contribution in [3.63, 3.8) is 0 Å². The molecule has 182 valence electrons. The van der Waals surface area contributed by atoms with Gasteiger partial charge in [0.25, 0.3) is 0 Å². The minimum absolute atomic E-state index is 0.000827. The molecule has 0 aromatic heterocycles. The van der Waals surface area contributed by atoms with Gasteiger partial charge in [0.1, 0.15) is 12.0 Å². The fourth-order valence-corrected chi connectivity index (χ4v) is 10.7. The summed E-state index contributed by atoms with van der Waals surface area (Å²) in [4.78, 5) is 12.3. The molecule has 2 nitrogen and oxygen atoms in total. The Balaban J connectivity index is 1.37. The zero-order chi connectivity index (χ0) is 22.9. The van der Waals surface area contributed by atoms with E-state index in [1.807, 2.05) is 0 Å². The summed E-state index contributed by atoms with van der Waals surface area (Å²) in [5.41, 5.74) is 1.15. The molecule has 10 atom stereocenters. The zero-order valence-electron chi connectivity index (χ0n) is 21.3. The van der Waals surface area contributed by atoms with Crippen LogP contribution in [0.4, 0.5) is 0 Å². The van der Waals surface area contributed by atoms with E-state index in [1.54, 1.807) is 0 Å². The Hall–Kier alpha value is -0.240. The van der Waals surface area contributed by atoms with Crippen molar-refractivity contribution < 1.29 is 9.53 Å². The zero-order valence-corrected chi connectivity index (χ0v) is 22.1. The molecule has 0 saturated heterocycles. The summed E-state index contributed by atoms with van der Waals surface area (Å²) in [6.07, 6.45) is 15.1. The Kier molecular flexibility index (Phi) is 6.00.